The first-order valence-corrected chi connectivity index (χ1v) is 5.05. The van der Waals surface area contributed by atoms with Crippen molar-refractivity contribution >= 4 is 6.09 Å². The number of carbonyl (C=O) groups excluding carboxylic acids is 1. The van der Waals surface area contributed by atoms with E-state index in [4.69, 9.17) is 4.74 Å². The summed E-state index contributed by atoms with van der Waals surface area (Å²) in [4.78, 5) is 11.2. The highest BCUT2D eigenvalue weighted by molar-refractivity contribution is 5.69. The lowest BCUT2D eigenvalue weighted by molar-refractivity contribution is 0.0545. The third kappa shape index (κ3) is 5.29. The number of hydrogen-bond donors (Lipinski definition) is 1. The standard InChI is InChI=1S/C12H14F2NO2/c1-12(2,3)17-11(16)15-7-8-4-9(13)6-10(14)5-8/h4-7H,1-3H3,(H,15,16). The number of carbonyl (C=O) groups is 1. The third-order valence-corrected chi connectivity index (χ3v) is 1.64. The number of ether oxygens (including phenoxy) is 1. The second-order valence-corrected chi connectivity index (χ2v) is 4.49. The first-order valence-electron chi connectivity index (χ1n) is 5.05. The van der Waals surface area contributed by atoms with Gasteiger partial charge in [0.2, 0.25) is 0 Å². The molecule has 1 amide bonds. The van der Waals surface area contributed by atoms with E-state index >= 15 is 0 Å². The summed E-state index contributed by atoms with van der Waals surface area (Å²) in [5.74, 6) is -1.41. The van der Waals surface area contributed by atoms with E-state index in [9.17, 15) is 13.6 Å². The van der Waals surface area contributed by atoms with Crippen LogP contribution in [-0.2, 0) is 4.74 Å². The number of alkyl carbamates (subject to hydrolysis) is 1. The van der Waals surface area contributed by atoms with Crippen LogP contribution >= 0.6 is 0 Å². The van der Waals surface area contributed by atoms with Crippen molar-refractivity contribution in [2.24, 2.45) is 0 Å². The molecule has 1 aromatic rings. The van der Waals surface area contributed by atoms with E-state index < -0.39 is 23.3 Å². The molecule has 0 aliphatic carbocycles. The Morgan fingerprint density at radius 1 is 1.24 bits per heavy atom. The van der Waals surface area contributed by atoms with Crippen molar-refractivity contribution in [2.75, 3.05) is 0 Å². The normalized spacial score (nSPS) is 11.1. The lowest BCUT2D eigenvalue weighted by atomic mass is 10.2. The van der Waals surface area contributed by atoms with Crippen LogP contribution in [-0.4, -0.2) is 11.7 Å². The Kier molecular flexibility index (Phi) is 4.04. The van der Waals surface area contributed by atoms with Gasteiger partial charge in [-0.05, 0) is 38.5 Å². The van der Waals surface area contributed by atoms with Gasteiger partial charge in [-0.1, -0.05) is 0 Å². The number of nitrogens with one attached hydrogen (secondary N) is 1. The molecule has 0 fully saturated rings. The highest BCUT2D eigenvalue weighted by Crippen LogP contribution is 2.10. The fraction of sp³-hybridized carbons (Fsp3) is 0.333. The van der Waals surface area contributed by atoms with Gasteiger partial charge in [0.25, 0.3) is 0 Å². The molecule has 0 atom stereocenters. The van der Waals surface area contributed by atoms with E-state index in [1.165, 1.54) is 6.54 Å². The summed E-state index contributed by atoms with van der Waals surface area (Å²) in [5, 5.41) is 2.29. The smallest absolute Gasteiger partial charge is 0.408 e. The van der Waals surface area contributed by atoms with Gasteiger partial charge in [0, 0.05) is 6.07 Å². The van der Waals surface area contributed by atoms with Gasteiger partial charge >= 0.3 is 6.09 Å². The van der Waals surface area contributed by atoms with Crippen LogP contribution in [0.3, 0.4) is 0 Å². The zero-order valence-corrected chi connectivity index (χ0v) is 9.88. The molecule has 0 spiro atoms. The fourth-order valence-electron chi connectivity index (χ4n) is 1.11. The molecular formula is C12H14F2NO2. The van der Waals surface area contributed by atoms with E-state index in [0.717, 1.165) is 18.2 Å². The molecule has 0 aromatic heterocycles. The molecule has 1 radical (unpaired) electrons. The summed E-state index contributed by atoms with van der Waals surface area (Å²) >= 11 is 0. The maximum absolute atomic E-state index is 12.8. The van der Waals surface area contributed by atoms with Crippen molar-refractivity contribution in [1.29, 1.82) is 0 Å². The molecule has 0 aliphatic rings. The van der Waals surface area contributed by atoms with Crippen LogP contribution in [0.5, 0.6) is 0 Å². The predicted molar refractivity (Wildman–Crippen MR) is 59.1 cm³/mol. The summed E-state index contributed by atoms with van der Waals surface area (Å²) in [5.41, 5.74) is -0.404. The fourth-order valence-corrected chi connectivity index (χ4v) is 1.11. The molecule has 0 saturated carbocycles. The van der Waals surface area contributed by atoms with Crippen LogP contribution in [0.2, 0.25) is 0 Å². The van der Waals surface area contributed by atoms with Crippen LogP contribution in [0.15, 0.2) is 18.2 Å². The van der Waals surface area contributed by atoms with Crippen molar-refractivity contribution in [3.63, 3.8) is 0 Å². The summed E-state index contributed by atoms with van der Waals surface area (Å²) in [6.07, 6.45) is -0.679. The Labute approximate surface area is 98.8 Å². The van der Waals surface area contributed by atoms with Crippen LogP contribution in [0.4, 0.5) is 13.6 Å². The lowest BCUT2D eigenvalue weighted by Gasteiger charge is -2.19. The summed E-state index contributed by atoms with van der Waals surface area (Å²) < 4.78 is 30.6. The quantitative estimate of drug-likeness (QED) is 0.865. The highest BCUT2D eigenvalue weighted by Gasteiger charge is 2.15. The van der Waals surface area contributed by atoms with Gasteiger partial charge in [-0.15, -0.1) is 0 Å². The van der Waals surface area contributed by atoms with Crippen molar-refractivity contribution in [3.8, 4) is 0 Å². The van der Waals surface area contributed by atoms with Crippen LogP contribution in [0, 0.1) is 18.2 Å². The van der Waals surface area contributed by atoms with Gasteiger partial charge in [-0.25, -0.2) is 13.6 Å². The van der Waals surface area contributed by atoms with Gasteiger partial charge in [0.05, 0.1) is 6.54 Å². The van der Waals surface area contributed by atoms with Crippen LogP contribution in [0.1, 0.15) is 26.3 Å². The maximum atomic E-state index is 12.8. The minimum absolute atomic E-state index is 0.216. The van der Waals surface area contributed by atoms with E-state index in [1.807, 2.05) is 0 Å². The Balaban J connectivity index is 2.53. The summed E-state index contributed by atoms with van der Waals surface area (Å²) in [6, 6.07) is 2.95. The van der Waals surface area contributed by atoms with E-state index in [0.29, 0.717) is 0 Å². The minimum atomic E-state index is -0.706. The highest BCUT2D eigenvalue weighted by atomic mass is 19.1. The molecule has 0 unspecified atom stereocenters. The Morgan fingerprint density at radius 3 is 2.24 bits per heavy atom. The Hall–Kier alpha value is -1.65. The Morgan fingerprint density at radius 2 is 1.76 bits per heavy atom. The van der Waals surface area contributed by atoms with Crippen LogP contribution < -0.4 is 5.32 Å². The number of benzene rings is 1. The molecule has 1 rings (SSSR count). The second-order valence-electron chi connectivity index (χ2n) is 4.49. The SMILES string of the molecule is CC(C)(C)OC(=O)N[CH]c1cc(F)cc(F)c1. The van der Waals surface area contributed by atoms with Crippen molar-refractivity contribution < 1.29 is 18.3 Å². The lowest BCUT2D eigenvalue weighted by Crippen LogP contribution is -2.31. The molecule has 0 aliphatic heterocycles. The number of amides is 1. The predicted octanol–water partition coefficient (Wildman–Crippen LogP) is 3.00. The molecule has 1 N–H and O–H groups in total. The van der Waals surface area contributed by atoms with Gasteiger partial charge in [-0.3, -0.25) is 0 Å². The molecule has 93 valence electrons. The largest absolute Gasteiger partial charge is 0.444 e. The zero-order chi connectivity index (χ0) is 13.1. The molecular weight excluding hydrogens is 228 g/mol. The van der Waals surface area contributed by atoms with Gasteiger partial charge < -0.3 is 10.1 Å². The zero-order valence-electron chi connectivity index (χ0n) is 9.88. The number of rotatable bonds is 2. The van der Waals surface area contributed by atoms with Gasteiger partial charge in [0.15, 0.2) is 0 Å². The monoisotopic (exact) mass is 242 g/mol. The van der Waals surface area contributed by atoms with Crippen molar-refractivity contribution in [3.05, 3.63) is 41.9 Å². The van der Waals surface area contributed by atoms with E-state index in [-0.39, 0.29) is 5.56 Å². The van der Waals surface area contributed by atoms with Gasteiger partial charge in [0.1, 0.15) is 17.2 Å². The second kappa shape index (κ2) is 5.12. The summed E-state index contributed by atoms with van der Waals surface area (Å²) in [6.45, 7) is 6.33. The molecule has 5 heteroatoms. The molecule has 17 heavy (non-hydrogen) atoms. The van der Waals surface area contributed by atoms with Crippen molar-refractivity contribution in [2.45, 2.75) is 26.4 Å². The number of hydrogen-bond acceptors (Lipinski definition) is 2. The van der Waals surface area contributed by atoms with Crippen LogP contribution in [0.25, 0.3) is 0 Å². The molecule has 1 aromatic carbocycles. The average molecular weight is 242 g/mol. The first-order chi connectivity index (χ1) is 7.76. The molecule has 0 heterocycles. The minimum Gasteiger partial charge on any atom is -0.444 e. The van der Waals surface area contributed by atoms with E-state index in [2.05, 4.69) is 5.32 Å². The third-order valence-electron chi connectivity index (χ3n) is 1.64. The molecule has 0 saturated heterocycles. The molecule has 0 bridgehead atoms. The number of halogens is 2. The van der Waals surface area contributed by atoms with Crippen molar-refractivity contribution in [1.82, 2.24) is 5.32 Å². The Bertz CT molecular complexity index is 393. The van der Waals surface area contributed by atoms with Gasteiger partial charge in [-0.2, -0.15) is 0 Å². The molecule has 3 nitrogen and oxygen atoms in total. The summed E-state index contributed by atoms with van der Waals surface area (Å²) in [7, 11) is 0. The average Bonchev–Trinajstić information content (AvgIpc) is 2.10. The van der Waals surface area contributed by atoms with E-state index in [1.54, 1.807) is 20.8 Å². The topological polar surface area (TPSA) is 38.3 Å². The maximum Gasteiger partial charge on any atom is 0.408 e. The first kappa shape index (κ1) is 13.4.